The van der Waals surface area contributed by atoms with Crippen molar-refractivity contribution in [3.63, 3.8) is 0 Å². The molecule has 4 heterocycles. The van der Waals surface area contributed by atoms with Crippen LogP contribution >= 0.6 is 0 Å². The number of aromatic nitrogens is 4. The van der Waals surface area contributed by atoms with Crippen LogP contribution in [0, 0.1) is 12.8 Å². The molecular formula is C18H22N6O2. The number of aromatic amines is 1. The molecule has 0 aromatic carbocycles. The highest BCUT2D eigenvalue weighted by atomic mass is 16.2. The van der Waals surface area contributed by atoms with E-state index >= 15 is 0 Å². The lowest BCUT2D eigenvalue weighted by molar-refractivity contribution is 0.0703. The number of hydrogen-bond donors (Lipinski definition) is 1. The minimum absolute atomic E-state index is 0.00935. The fraction of sp³-hybridized carbons (Fsp3) is 0.500. The molecule has 2 aliphatic rings. The Morgan fingerprint density at radius 1 is 1.12 bits per heavy atom. The van der Waals surface area contributed by atoms with Crippen LogP contribution in [-0.2, 0) is 0 Å². The van der Waals surface area contributed by atoms with Crippen molar-refractivity contribution in [3.05, 3.63) is 41.5 Å². The minimum Gasteiger partial charge on any atom is -0.337 e. The molecule has 2 saturated heterocycles. The van der Waals surface area contributed by atoms with Gasteiger partial charge >= 0.3 is 0 Å². The Labute approximate surface area is 151 Å². The highest BCUT2D eigenvalue weighted by Gasteiger charge is 2.39. The predicted molar refractivity (Wildman–Crippen MR) is 93.4 cm³/mol. The Balaban J connectivity index is 1.46. The van der Waals surface area contributed by atoms with Gasteiger partial charge in [0.2, 0.25) is 0 Å². The second-order valence-corrected chi connectivity index (χ2v) is 7.05. The van der Waals surface area contributed by atoms with Crippen LogP contribution in [0.1, 0.15) is 45.8 Å². The molecule has 0 bridgehead atoms. The molecule has 136 valence electrons. The van der Waals surface area contributed by atoms with Crippen molar-refractivity contribution in [2.24, 2.45) is 5.92 Å². The molecule has 0 saturated carbocycles. The van der Waals surface area contributed by atoms with Gasteiger partial charge in [-0.25, -0.2) is 0 Å². The first-order valence-corrected chi connectivity index (χ1v) is 9.02. The minimum atomic E-state index is -0.0365. The number of aryl methyl sites for hydroxylation is 1. The molecule has 0 spiro atoms. The van der Waals surface area contributed by atoms with Gasteiger partial charge in [-0.15, -0.1) is 0 Å². The van der Waals surface area contributed by atoms with Crippen LogP contribution < -0.4 is 0 Å². The number of hydrogen-bond acceptors (Lipinski definition) is 5. The molecule has 0 unspecified atom stereocenters. The number of rotatable bonds is 2. The van der Waals surface area contributed by atoms with E-state index in [-0.39, 0.29) is 17.9 Å². The number of likely N-dealkylation sites (tertiary alicyclic amines) is 2. The van der Waals surface area contributed by atoms with E-state index in [1.54, 1.807) is 18.3 Å². The number of fused-ring (bicyclic) bond motifs is 1. The van der Waals surface area contributed by atoms with Crippen molar-refractivity contribution < 1.29 is 9.59 Å². The zero-order valence-electron chi connectivity index (χ0n) is 14.8. The molecule has 0 aliphatic carbocycles. The standard InChI is InChI=1S/C18H22N6O2/c1-12-10-15(22-21-12)18(26)23-7-3-13-4-9-24(16(13)5-8-23)17(25)14-2-6-19-20-11-14/h2,6,10-11,13,16H,3-5,7-9H2,1H3,(H,21,22)/t13-,16+/m0/s1. The van der Waals surface area contributed by atoms with E-state index in [1.807, 2.05) is 16.7 Å². The molecular weight excluding hydrogens is 332 g/mol. The summed E-state index contributed by atoms with van der Waals surface area (Å²) in [5.74, 6) is 0.410. The van der Waals surface area contributed by atoms with Gasteiger partial charge in [-0.05, 0) is 44.2 Å². The first kappa shape index (κ1) is 16.7. The van der Waals surface area contributed by atoms with E-state index in [1.165, 1.54) is 6.20 Å². The quantitative estimate of drug-likeness (QED) is 0.876. The molecule has 4 rings (SSSR count). The normalized spacial score (nSPS) is 22.8. The molecule has 0 radical (unpaired) electrons. The van der Waals surface area contributed by atoms with Crippen molar-refractivity contribution in [1.82, 2.24) is 30.2 Å². The summed E-state index contributed by atoms with van der Waals surface area (Å²) in [6.07, 6.45) is 5.75. The van der Waals surface area contributed by atoms with Gasteiger partial charge in [0.1, 0.15) is 5.69 Å². The number of carbonyl (C=O) groups is 2. The third-order valence-corrected chi connectivity index (χ3v) is 5.45. The Hall–Kier alpha value is -2.77. The summed E-state index contributed by atoms with van der Waals surface area (Å²) in [6.45, 7) is 4.01. The van der Waals surface area contributed by atoms with Gasteiger partial charge in [-0.2, -0.15) is 15.3 Å². The monoisotopic (exact) mass is 354 g/mol. The summed E-state index contributed by atoms with van der Waals surface area (Å²) in [6, 6.07) is 3.66. The van der Waals surface area contributed by atoms with E-state index in [2.05, 4.69) is 20.4 Å². The van der Waals surface area contributed by atoms with Gasteiger partial charge in [-0.3, -0.25) is 14.7 Å². The average Bonchev–Trinajstić information content (AvgIpc) is 3.22. The van der Waals surface area contributed by atoms with Gasteiger partial charge in [0.25, 0.3) is 11.8 Å². The van der Waals surface area contributed by atoms with E-state index in [0.717, 1.165) is 31.5 Å². The van der Waals surface area contributed by atoms with Gasteiger partial charge in [0.15, 0.2) is 0 Å². The van der Waals surface area contributed by atoms with E-state index < -0.39 is 0 Å². The van der Waals surface area contributed by atoms with Crippen LogP contribution in [0.3, 0.4) is 0 Å². The maximum atomic E-state index is 12.8. The molecule has 1 N–H and O–H groups in total. The maximum Gasteiger partial charge on any atom is 0.274 e. The topological polar surface area (TPSA) is 95.1 Å². The molecule has 8 heteroatoms. The fourth-order valence-electron chi connectivity index (χ4n) is 4.10. The SMILES string of the molecule is Cc1cc(C(=O)N2CC[C@H]3CCN(C(=O)c4ccnnc4)[C@@H]3CC2)n[nH]1. The summed E-state index contributed by atoms with van der Waals surface area (Å²) in [5, 5.41) is 14.5. The molecule has 2 amide bonds. The van der Waals surface area contributed by atoms with Gasteiger partial charge in [-0.1, -0.05) is 0 Å². The lowest BCUT2D eigenvalue weighted by Crippen LogP contribution is -2.39. The molecule has 8 nitrogen and oxygen atoms in total. The predicted octanol–water partition coefficient (Wildman–Crippen LogP) is 1.28. The average molecular weight is 354 g/mol. The van der Waals surface area contributed by atoms with E-state index in [9.17, 15) is 9.59 Å². The zero-order valence-corrected chi connectivity index (χ0v) is 14.8. The molecule has 2 fully saturated rings. The van der Waals surface area contributed by atoms with E-state index in [0.29, 0.717) is 30.3 Å². The Morgan fingerprint density at radius 2 is 1.92 bits per heavy atom. The number of nitrogens with zero attached hydrogens (tertiary/aromatic N) is 5. The first-order chi connectivity index (χ1) is 12.6. The summed E-state index contributed by atoms with van der Waals surface area (Å²) < 4.78 is 0. The molecule has 2 aliphatic heterocycles. The number of nitrogens with one attached hydrogen (secondary N) is 1. The Morgan fingerprint density at radius 3 is 2.65 bits per heavy atom. The van der Waals surface area contributed by atoms with Crippen LogP contribution in [0.2, 0.25) is 0 Å². The Kier molecular flexibility index (Phi) is 4.40. The highest BCUT2D eigenvalue weighted by Crippen LogP contribution is 2.33. The van der Waals surface area contributed by atoms with Crippen LogP contribution in [0.15, 0.2) is 24.5 Å². The second kappa shape index (κ2) is 6.86. The first-order valence-electron chi connectivity index (χ1n) is 9.02. The van der Waals surface area contributed by atoms with Crippen molar-refractivity contribution in [2.45, 2.75) is 32.2 Å². The largest absolute Gasteiger partial charge is 0.337 e. The van der Waals surface area contributed by atoms with Gasteiger partial charge < -0.3 is 9.80 Å². The highest BCUT2D eigenvalue weighted by molar-refractivity contribution is 5.94. The number of carbonyl (C=O) groups excluding carboxylic acids is 2. The van der Waals surface area contributed by atoms with Crippen molar-refractivity contribution in [2.75, 3.05) is 19.6 Å². The number of H-pyrrole nitrogens is 1. The maximum absolute atomic E-state index is 12.8. The third-order valence-electron chi connectivity index (χ3n) is 5.45. The molecule has 2 aromatic heterocycles. The van der Waals surface area contributed by atoms with Crippen LogP contribution in [0.4, 0.5) is 0 Å². The summed E-state index contributed by atoms with van der Waals surface area (Å²) in [5.41, 5.74) is 1.91. The summed E-state index contributed by atoms with van der Waals surface area (Å²) >= 11 is 0. The second-order valence-electron chi connectivity index (χ2n) is 7.05. The number of amides is 2. The van der Waals surface area contributed by atoms with Crippen molar-refractivity contribution in [3.8, 4) is 0 Å². The van der Waals surface area contributed by atoms with Crippen molar-refractivity contribution in [1.29, 1.82) is 0 Å². The van der Waals surface area contributed by atoms with Crippen LogP contribution in [0.5, 0.6) is 0 Å². The smallest absolute Gasteiger partial charge is 0.274 e. The molecule has 26 heavy (non-hydrogen) atoms. The van der Waals surface area contributed by atoms with E-state index in [4.69, 9.17) is 0 Å². The summed E-state index contributed by atoms with van der Waals surface area (Å²) in [4.78, 5) is 29.3. The third kappa shape index (κ3) is 3.07. The lowest BCUT2D eigenvalue weighted by atomic mass is 9.95. The zero-order chi connectivity index (χ0) is 18.1. The summed E-state index contributed by atoms with van der Waals surface area (Å²) in [7, 11) is 0. The molecule has 2 atom stereocenters. The fourth-order valence-corrected chi connectivity index (χ4v) is 4.10. The lowest BCUT2D eigenvalue weighted by Gasteiger charge is -2.27. The van der Waals surface area contributed by atoms with Crippen LogP contribution in [0.25, 0.3) is 0 Å². The van der Waals surface area contributed by atoms with Crippen LogP contribution in [-0.4, -0.2) is 67.7 Å². The van der Waals surface area contributed by atoms with Gasteiger partial charge in [0.05, 0.1) is 18.0 Å². The van der Waals surface area contributed by atoms with Gasteiger partial charge in [0, 0.05) is 31.4 Å². The molecule has 2 aromatic rings. The van der Waals surface area contributed by atoms with Crippen molar-refractivity contribution >= 4 is 11.8 Å². The Bertz CT molecular complexity index is 805.